The summed E-state index contributed by atoms with van der Waals surface area (Å²) < 4.78 is 30.0. The summed E-state index contributed by atoms with van der Waals surface area (Å²) in [6, 6.07) is 3.05. The van der Waals surface area contributed by atoms with Gasteiger partial charge in [-0.3, -0.25) is 4.79 Å². The van der Waals surface area contributed by atoms with Crippen LogP contribution in [0.15, 0.2) is 36.9 Å². The van der Waals surface area contributed by atoms with E-state index in [0.717, 1.165) is 6.20 Å². The minimum atomic E-state index is -1.71. The Hall–Kier alpha value is -3.75. The van der Waals surface area contributed by atoms with E-state index in [2.05, 4.69) is 36.0 Å². The second-order valence-corrected chi connectivity index (χ2v) is 10.4. The van der Waals surface area contributed by atoms with Gasteiger partial charge in [0.25, 0.3) is 5.91 Å². The monoisotopic (exact) mass is 532 g/mol. The van der Waals surface area contributed by atoms with Crippen molar-refractivity contribution in [1.29, 1.82) is 0 Å². The number of hydrogen-bond acceptors (Lipinski definition) is 10. The van der Waals surface area contributed by atoms with Crippen LogP contribution >= 0.6 is 11.3 Å². The van der Waals surface area contributed by atoms with Crippen molar-refractivity contribution in [3.05, 3.63) is 53.2 Å². The van der Waals surface area contributed by atoms with Crippen molar-refractivity contribution in [3.63, 3.8) is 0 Å². The van der Waals surface area contributed by atoms with Crippen molar-refractivity contribution in [2.24, 2.45) is 0 Å². The number of nitrogens with one attached hydrogen (secondary N) is 3. The first-order valence-corrected chi connectivity index (χ1v) is 12.0. The average Bonchev–Trinajstić information content (AvgIpc) is 3.46. The maximum absolute atomic E-state index is 14.5. The molecule has 0 aliphatic heterocycles. The number of rotatable bonds is 9. The number of pyridine rings is 1. The SMILES string of the molecule is CC(C)(O)c1cnc(Nc2cc(Nc3nc4ccnn4cc3F)ncc2C(=O)NCC(F)C(C)(C)O)s1. The smallest absolute Gasteiger partial charge is 0.255 e. The van der Waals surface area contributed by atoms with Gasteiger partial charge >= 0.3 is 0 Å². The minimum absolute atomic E-state index is 0.0492. The minimum Gasteiger partial charge on any atom is -0.387 e. The molecule has 1 atom stereocenters. The Balaban J connectivity index is 1.64. The van der Waals surface area contributed by atoms with Crippen LogP contribution in [0.3, 0.4) is 0 Å². The zero-order valence-corrected chi connectivity index (χ0v) is 21.3. The zero-order valence-electron chi connectivity index (χ0n) is 20.5. The summed E-state index contributed by atoms with van der Waals surface area (Å²) in [5, 5.41) is 32.6. The van der Waals surface area contributed by atoms with Gasteiger partial charge in [-0.25, -0.2) is 28.2 Å². The number of halogens is 2. The van der Waals surface area contributed by atoms with Gasteiger partial charge in [0.15, 0.2) is 22.4 Å². The Morgan fingerprint density at radius 2 is 1.95 bits per heavy atom. The molecule has 5 N–H and O–H groups in total. The molecular weight excluding hydrogens is 506 g/mol. The molecule has 0 bridgehead atoms. The Morgan fingerprint density at radius 1 is 1.19 bits per heavy atom. The number of thiazole rings is 1. The summed E-state index contributed by atoms with van der Waals surface area (Å²) in [7, 11) is 0. The summed E-state index contributed by atoms with van der Waals surface area (Å²) in [6.07, 6.45) is 3.67. The number of nitrogens with zero attached hydrogens (tertiary/aromatic N) is 5. The van der Waals surface area contributed by atoms with Gasteiger partial charge in [0.05, 0.1) is 46.3 Å². The average molecular weight is 533 g/mol. The van der Waals surface area contributed by atoms with E-state index in [1.54, 1.807) is 19.9 Å². The van der Waals surface area contributed by atoms with Gasteiger partial charge in [-0.15, -0.1) is 0 Å². The lowest BCUT2D eigenvalue weighted by atomic mass is 10.0. The van der Waals surface area contributed by atoms with Gasteiger partial charge in [-0.1, -0.05) is 11.3 Å². The molecule has 0 spiro atoms. The van der Waals surface area contributed by atoms with E-state index >= 15 is 0 Å². The third kappa shape index (κ3) is 6.15. The Morgan fingerprint density at radius 3 is 2.62 bits per heavy atom. The van der Waals surface area contributed by atoms with E-state index in [-0.39, 0.29) is 22.9 Å². The van der Waals surface area contributed by atoms with Gasteiger partial charge in [0, 0.05) is 24.5 Å². The first-order valence-electron chi connectivity index (χ1n) is 11.2. The largest absolute Gasteiger partial charge is 0.387 e. The number of alkyl halides is 1. The van der Waals surface area contributed by atoms with E-state index < -0.39 is 35.6 Å². The Kier molecular flexibility index (Phi) is 7.08. The summed E-state index contributed by atoms with van der Waals surface area (Å²) in [5.74, 6) is -1.27. The van der Waals surface area contributed by atoms with E-state index in [9.17, 15) is 23.8 Å². The van der Waals surface area contributed by atoms with Gasteiger partial charge < -0.3 is 26.2 Å². The number of fused-ring (bicyclic) bond motifs is 1. The fourth-order valence-electron chi connectivity index (χ4n) is 3.11. The van der Waals surface area contributed by atoms with Crippen molar-refractivity contribution >= 4 is 45.3 Å². The van der Waals surface area contributed by atoms with E-state index in [0.29, 0.717) is 15.7 Å². The van der Waals surface area contributed by atoms with Gasteiger partial charge in [-0.2, -0.15) is 5.10 Å². The second kappa shape index (κ2) is 9.95. The maximum Gasteiger partial charge on any atom is 0.255 e. The second-order valence-electron chi connectivity index (χ2n) is 9.36. The molecule has 0 aliphatic carbocycles. The maximum atomic E-state index is 14.5. The molecule has 0 saturated heterocycles. The molecule has 4 aromatic rings. The van der Waals surface area contributed by atoms with Crippen LogP contribution in [-0.4, -0.2) is 59.0 Å². The lowest BCUT2D eigenvalue weighted by Crippen LogP contribution is -2.42. The number of anilines is 4. The molecule has 4 rings (SSSR count). The van der Waals surface area contributed by atoms with Crippen LogP contribution in [0.1, 0.15) is 42.9 Å². The number of aromatic nitrogens is 5. The van der Waals surface area contributed by atoms with Crippen molar-refractivity contribution in [3.8, 4) is 0 Å². The fraction of sp³-hybridized carbons (Fsp3) is 0.348. The third-order valence-electron chi connectivity index (χ3n) is 5.29. The molecule has 14 heteroatoms. The molecule has 196 valence electrons. The highest BCUT2D eigenvalue weighted by Crippen LogP contribution is 2.32. The first-order chi connectivity index (χ1) is 17.3. The van der Waals surface area contributed by atoms with Gasteiger partial charge in [0.2, 0.25) is 0 Å². The third-order valence-corrected chi connectivity index (χ3v) is 6.52. The number of aliphatic hydroxyl groups is 2. The lowest BCUT2D eigenvalue weighted by Gasteiger charge is -2.22. The van der Waals surface area contributed by atoms with E-state index in [1.165, 1.54) is 54.4 Å². The standard InChI is InChI=1S/C23H26F2N8O3S/c1-22(2,35)15(25)9-27-20(34)12-8-26-17(31-19-13(24)11-33-18(32-19)5-6-29-33)7-14(12)30-21-28-10-16(37-21)23(3,4)36/h5-8,10-11,15,35-36H,9H2,1-4H3,(H,27,34)(H2,26,28,30,31,32). The summed E-state index contributed by atoms with van der Waals surface area (Å²) in [4.78, 5) is 26.1. The van der Waals surface area contributed by atoms with Crippen LogP contribution in [0.2, 0.25) is 0 Å². The lowest BCUT2D eigenvalue weighted by molar-refractivity contribution is -0.00177. The van der Waals surface area contributed by atoms with Crippen molar-refractivity contribution in [2.45, 2.75) is 45.1 Å². The number of carbonyl (C=O) groups excluding carboxylic acids is 1. The molecule has 1 unspecified atom stereocenters. The molecule has 0 saturated carbocycles. The highest BCUT2D eigenvalue weighted by molar-refractivity contribution is 7.15. The van der Waals surface area contributed by atoms with Crippen LogP contribution in [-0.2, 0) is 5.60 Å². The van der Waals surface area contributed by atoms with Gasteiger partial charge in [-0.05, 0) is 27.7 Å². The van der Waals surface area contributed by atoms with Crippen molar-refractivity contribution in [1.82, 2.24) is 29.9 Å². The number of hydrogen-bond donors (Lipinski definition) is 5. The van der Waals surface area contributed by atoms with Crippen LogP contribution in [0, 0.1) is 5.82 Å². The Bertz CT molecular complexity index is 1430. The molecule has 0 fully saturated rings. The molecule has 0 radical (unpaired) electrons. The predicted molar refractivity (Wildman–Crippen MR) is 135 cm³/mol. The van der Waals surface area contributed by atoms with Crippen LogP contribution in [0.25, 0.3) is 5.65 Å². The molecule has 4 aromatic heterocycles. The summed E-state index contributed by atoms with van der Waals surface area (Å²) in [5.41, 5.74) is -2.06. The van der Waals surface area contributed by atoms with Crippen LogP contribution in [0.4, 0.5) is 31.2 Å². The molecule has 0 aliphatic rings. The molecule has 0 aromatic carbocycles. The Labute approximate surface area is 214 Å². The van der Waals surface area contributed by atoms with Gasteiger partial charge in [0.1, 0.15) is 12.0 Å². The highest BCUT2D eigenvalue weighted by atomic mass is 32.1. The number of amides is 1. The topological polar surface area (TPSA) is 150 Å². The first kappa shape index (κ1) is 26.3. The summed E-state index contributed by atoms with van der Waals surface area (Å²) in [6.45, 7) is 5.41. The normalized spacial score (nSPS) is 13.0. The molecule has 11 nitrogen and oxygen atoms in total. The molecule has 37 heavy (non-hydrogen) atoms. The molecular formula is C23H26F2N8O3S. The van der Waals surface area contributed by atoms with Crippen LogP contribution in [0.5, 0.6) is 0 Å². The fourth-order valence-corrected chi connectivity index (χ4v) is 3.94. The van der Waals surface area contributed by atoms with Crippen LogP contribution < -0.4 is 16.0 Å². The molecule has 1 amide bonds. The van der Waals surface area contributed by atoms with Crippen molar-refractivity contribution < 1.29 is 23.8 Å². The summed E-state index contributed by atoms with van der Waals surface area (Å²) >= 11 is 1.17. The zero-order chi connectivity index (χ0) is 27.0. The van der Waals surface area contributed by atoms with Crippen molar-refractivity contribution in [2.75, 3.05) is 17.2 Å². The number of carbonyl (C=O) groups is 1. The van der Waals surface area contributed by atoms with E-state index in [4.69, 9.17) is 0 Å². The highest BCUT2D eigenvalue weighted by Gasteiger charge is 2.27. The predicted octanol–water partition coefficient (Wildman–Crippen LogP) is 3.27. The van der Waals surface area contributed by atoms with E-state index in [1.807, 2.05) is 0 Å². The quantitative estimate of drug-likeness (QED) is 0.219. The molecule has 4 heterocycles.